The molecule has 1 aliphatic rings. The van der Waals surface area contributed by atoms with E-state index in [0.29, 0.717) is 18.1 Å². The maximum atomic E-state index is 10.7. The molecule has 98 valence electrons. The molecule has 6 heteroatoms. The predicted molar refractivity (Wildman–Crippen MR) is 68.2 cm³/mol. The van der Waals surface area contributed by atoms with Crippen LogP contribution in [0.25, 0.3) is 0 Å². The van der Waals surface area contributed by atoms with Crippen molar-refractivity contribution in [3.8, 4) is 17.2 Å². The Morgan fingerprint density at radius 2 is 2.16 bits per heavy atom. The summed E-state index contributed by atoms with van der Waals surface area (Å²) in [6.45, 7) is 0.596. The summed E-state index contributed by atoms with van der Waals surface area (Å²) < 4.78 is 16.0. The third-order valence-corrected chi connectivity index (χ3v) is 3.53. The fraction of sp³-hybridized carbons (Fsp3) is 0.154. The predicted octanol–water partition coefficient (Wildman–Crippen LogP) is 2.75. The lowest BCUT2D eigenvalue weighted by Crippen LogP contribution is -1.95. The highest BCUT2D eigenvalue weighted by atomic mass is 32.1. The zero-order chi connectivity index (χ0) is 13.2. The summed E-state index contributed by atoms with van der Waals surface area (Å²) in [5.74, 6) is 1.05. The van der Waals surface area contributed by atoms with Gasteiger partial charge in [0.05, 0.1) is 0 Å². The monoisotopic (exact) mass is 278 g/mol. The standard InChI is InChI=1S/C13H10O5S/c14-13(15)12-4-9(6-19-12)16-5-8-1-2-10-11(3-8)18-7-17-10/h1-4,6H,5,7H2,(H,14,15). The number of rotatable bonds is 4. The number of benzene rings is 1. The van der Waals surface area contributed by atoms with Crippen molar-refractivity contribution in [3.05, 3.63) is 40.1 Å². The van der Waals surface area contributed by atoms with Crippen molar-refractivity contribution >= 4 is 17.3 Å². The minimum atomic E-state index is -0.942. The van der Waals surface area contributed by atoms with Gasteiger partial charge in [0.15, 0.2) is 11.5 Å². The molecular weight excluding hydrogens is 268 g/mol. The van der Waals surface area contributed by atoms with Gasteiger partial charge in [0.1, 0.15) is 17.2 Å². The summed E-state index contributed by atoms with van der Waals surface area (Å²) in [5.41, 5.74) is 0.937. The normalized spacial score (nSPS) is 12.4. The Balaban J connectivity index is 1.67. The highest BCUT2D eigenvalue weighted by Crippen LogP contribution is 2.33. The summed E-state index contributed by atoms with van der Waals surface area (Å²) in [6.07, 6.45) is 0. The number of carbonyl (C=O) groups is 1. The molecule has 1 aromatic carbocycles. The number of ether oxygens (including phenoxy) is 3. The number of thiophene rings is 1. The van der Waals surface area contributed by atoms with Crippen LogP contribution in [0.5, 0.6) is 17.2 Å². The minimum absolute atomic E-state index is 0.242. The molecule has 0 aliphatic carbocycles. The van der Waals surface area contributed by atoms with Gasteiger partial charge < -0.3 is 19.3 Å². The molecule has 1 aromatic heterocycles. The van der Waals surface area contributed by atoms with Gasteiger partial charge in [-0.25, -0.2) is 4.79 Å². The van der Waals surface area contributed by atoms with Crippen LogP contribution in [0.4, 0.5) is 0 Å². The van der Waals surface area contributed by atoms with Gasteiger partial charge in [0.25, 0.3) is 0 Å². The molecule has 0 fully saturated rings. The molecule has 5 nitrogen and oxygen atoms in total. The Bertz CT molecular complexity index is 619. The van der Waals surface area contributed by atoms with Crippen LogP contribution < -0.4 is 14.2 Å². The second kappa shape index (κ2) is 4.81. The van der Waals surface area contributed by atoms with Crippen LogP contribution in [0.15, 0.2) is 29.6 Å². The SMILES string of the molecule is O=C(O)c1cc(OCc2ccc3c(c2)OCO3)cs1. The maximum absolute atomic E-state index is 10.7. The van der Waals surface area contributed by atoms with Crippen LogP contribution >= 0.6 is 11.3 Å². The van der Waals surface area contributed by atoms with E-state index in [4.69, 9.17) is 19.3 Å². The Morgan fingerprint density at radius 1 is 1.32 bits per heavy atom. The number of fused-ring (bicyclic) bond motifs is 1. The Kier molecular flexibility index (Phi) is 3.00. The number of carboxylic acid groups (broad SMARTS) is 1. The fourth-order valence-corrected chi connectivity index (χ4v) is 2.37. The average Bonchev–Trinajstić information content (AvgIpc) is 3.04. The molecule has 0 bridgehead atoms. The van der Waals surface area contributed by atoms with E-state index in [1.54, 1.807) is 5.38 Å². The molecule has 0 radical (unpaired) electrons. The average molecular weight is 278 g/mol. The number of hydrogen-bond acceptors (Lipinski definition) is 5. The Labute approximate surface area is 113 Å². The Morgan fingerprint density at radius 3 is 2.95 bits per heavy atom. The lowest BCUT2D eigenvalue weighted by Gasteiger charge is -2.04. The van der Waals surface area contributed by atoms with Crippen molar-refractivity contribution in [3.63, 3.8) is 0 Å². The zero-order valence-corrected chi connectivity index (χ0v) is 10.6. The first-order valence-electron chi connectivity index (χ1n) is 5.55. The summed E-state index contributed by atoms with van der Waals surface area (Å²) in [5, 5.41) is 10.5. The first-order chi connectivity index (χ1) is 9.22. The van der Waals surface area contributed by atoms with Crippen molar-refractivity contribution in [1.29, 1.82) is 0 Å². The molecule has 2 aromatic rings. The minimum Gasteiger partial charge on any atom is -0.488 e. The van der Waals surface area contributed by atoms with Crippen LogP contribution in [0.1, 0.15) is 15.2 Å². The highest BCUT2D eigenvalue weighted by molar-refractivity contribution is 7.12. The van der Waals surface area contributed by atoms with Crippen molar-refractivity contribution in [2.24, 2.45) is 0 Å². The zero-order valence-electron chi connectivity index (χ0n) is 9.79. The van der Waals surface area contributed by atoms with Gasteiger partial charge in [0.2, 0.25) is 6.79 Å². The topological polar surface area (TPSA) is 65.0 Å². The van der Waals surface area contributed by atoms with E-state index in [1.165, 1.54) is 6.07 Å². The van der Waals surface area contributed by atoms with Crippen molar-refractivity contribution in [1.82, 2.24) is 0 Å². The summed E-state index contributed by atoms with van der Waals surface area (Å²) in [4.78, 5) is 11.0. The molecule has 19 heavy (non-hydrogen) atoms. The molecule has 0 amide bonds. The first kappa shape index (κ1) is 11.9. The quantitative estimate of drug-likeness (QED) is 0.931. The van der Waals surface area contributed by atoms with Crippen LogP contribution in [-0.2, 0) is 6.61 Å². The third kappa shape index (κ3) is 2.48. The maximum Gasteiger partial charge on any atom is 0.346 e. The van der Waals surface area contributed by atoms with E-state index >= 15 is 0 Å². The first-order valence-corrected chi connectivity index (χ1v) is 6.43. The van der Waals surface area contributed by atoms with Gasteiger partial charge in [-0.05, 0) is 17.7 Å². The molecule has 1 N–H and O–H groups in total. The molecular formula is C13H10O5S. The second-order valence-corrected chi connectivity index (χ2v) is 4.84. The fourth-order valence-electron chi connectivity index (χ4n) is 1.70. The largest absolute Gasteiger partial charge is 0.488 e. The second-order valence-electron chi connectivity index (χ2n) is 3.93. The number of aromatic carboxylic acids is 1. The third-order valence-electron chi connectivity index (χ3n) is 2.63. The molecule has 0 atom stereocenters. The van der Waals surface area contributed by atoms with E-state index in [9.17, 15) is 4.79 Å². The molecule has 2 heterocycles. The van der Waals surface area contributed by atoms with Crippen LogP contribution in [-0.4, -0.2) is 17.9 Å². The Hall–Kier alpha value is -2.21. The lowest BCUT2D eigenvalue weighted by atomic mass is 10.2. The van der Waals surface area contributed by atoms with E-state index < -0.39 is 5.97 Å². The van der Waals surface area contributed by atoms with Crippen LogP contribution in [0, 0.1) is 0 Å². The van der Waals surface area contributed by atoms with Crippen LogP contribution in [0.3, 0.4) is 0 Å². The van der Waals surface area contributed by atoms with Gasteiger partial charge in [-0.15, -0.1) is 11.3 Å². The van der Waals surface area contributed by atoms with Gasteiger partial charge in [-0.3, -0.25) is 0 Å². The summed E-state index contributed by atoms with van der Waals surface area (Å²) >= 11 is 1.14. The van der Waals surface area contributed by atoms with Gasteiger partial charge in [-0.2, -0.15) is 0 Å². The van der Waals surface area contributed by atoms with Gasteiger partial charge >= 0.3 is 5.97 Å². The molecule has 0 unspecified atom stereocenters. The highest BCUT2D eigenvalue weighted by Gasteiger charge is 2.13. The van der Waals surface area contributed by atoms with Crippen LogP contribution in [0.2, 0.25) is 0 Å². The number of carboxylic acids is 1. The van der Waals surface area contributed by atoms with Gasteiger partial charge in [0, 0.05) is 11.4 Å². The molecule has 0 spiro atoms. The van der Waals surface area contributed by atoms with Crippen molar-refractivity contribution < 1.29 is 24.1 Å². The smallest absolute Gasteiger partial charge is 0.346 e. The van der Waals surface area contributed by atoms with E-state index in [-0.39, 0.29) is 11.7 Å². The summed E-state index contributed by atoms with van der Waals surface area (Å²) in [7, 11) is 0. The molecule has 0 saturated heterocycles. The number of hydrogen-bond donors (Lipinski definition) is 1. The van der Waals surface area contributed by atoms with E-state index in [0.717, 1.165) is 22.6 Å². The molecule has 0 saturated carbocycles. The molecule has 3 rings (SSSR count). The van der Waals surface area contributed by atoms with E-state index in [1.807, 2.05) is 18.2 Å². The van der Waals surface area contributed by atoms with Gasteiger partial charge in [-0.1, -0.05) is 6.07 Å². The van der Waals surface area contributed by atoms with Crippen molar-refractivity contribution in [2.45, 2.75) is 6.61 Å². The van der Waals surface area contributed by atoms with E-state index in [2.05, 4.69) is 0 Å². The van der Waals surface area contributed by atoms with Crippen molar-refractivity contribution in [2.75, 3.05) is 6.79 Å². The summed E-state index contributed by atoms with van der Waals surface area (Å²) in [6, 6.07) is 7.09. The lowest BCUT2D eigenvalue weighted by molar-refractivity contribution is 0.0702. The molecule has 1 aliphatic heterocycles.